The lowest BCUT2D eigenvalue weighted by Gasteiger charge is -2.24. The summed E-state index contributed by atoms with van der Waals surface area (Å²) in [5, 5.41) is 8.06. The highest BCUT2D eigenvalue weighted by atomic mass is 35.5. The summed E-state index contributed by atoms with van der Waals surface area (Å²) in [5.74, 6) is -0.378. The summed E-state index contributed by atoms with van der Waals surface area (Å²) in [6.07, 6.45) is -0.883. The van der Waals surface area contributed by atoms with Gasteiger partial charge in [0.2, 0.25) is 10.0 Å². The first kappa shape index (κ1) is 17.7. The maximum absolute atomic E-state index is 11.9. The molecule has 0 spiro atoms. The number of nitrogens with one attached hydrogen (secondary N) is 1. The molecule has 0 aliphatic heterocycles. The predicted octanol–water partition coefficient (Wildman–Crippen LogP) is 1.67. The zero-order valence-electron chi connectivity index (χ0n) is 12.3. The lowest BCUT2D eigenvalue weighted by atomic mass is 10.1. The van der Waals surface area contributed by atoms with Crippen LogP contribution in [0.3, 0.4) is 0 Å². The van der Waals surface area contributed by atoms with Crippen LogP contribution >= 0.6 is 11.6 Å². The van der Waals surface area contributed by atoms with Crippen molar-refractivity contribution in [3.05, 3.63) is 23.2 Å². The Balaban J connectivity index is 3.01. The Kier molecular flexibility index (Phi) is 5.25. The second-order valence-electron chi connectivity index (χ2n) is 5.64. The highest BCUT2D eigenvalue weighted by Gasteiger charge is 2.23. The first-order valence-corrected chi connectivity index (χ1v) is 8.13. The van der Waals surface area contributed by atoms with Crippen LogP contribution in [0.25, 0.3) is 0 Å². The van der Waals surface area contributed by atoms with E-state index in [1.54, 1.807) is 0 Å². The average Bonchev–Trinajstić information content (AvgIpc) is 2.27. The molecule has 0 heterocycles. The summed E-state index contributed by atoms with van der Waals surface area (Å²) in [6.45, 7) is 7.00. The standard InChI is InChI=1S/C13H19ClN2O4S/c1-8(12(17)16-13(2,3)4)20-10-6-5-9(14)7-11(10)21(15,18)19/h5-8H,1-4H3,(H,16,17)(H2,15,18,19). The molecule has 8 heteroatoms. The largest absolute Gasteiger partial charge is 0.479 e. The molecule has 1 unspecified atom stereocenters. The molecule has 1 rings (SSSR count). The van der Waals surface area contributed by atoms with E-state index in [0.717, 1.165) is 0 Å². The number of primary sulfonamides is 1. The van der Waals surface area contributed by atoms with E-state index in [1.807, 2.05) is 20.8 Å². The van der Waals surface area contributed by atoms with Crippen molar-refractivity contribution in [2.75, 3.05) is 0 Å². The van der Waals surface area contributed by atoms with Crippen molar-refractivity contribution >= 4 is 27.5 Å². The summed E-state index contributed by atoms with van der Waals surface area (Å²) in [5.41, 5.74) is -0.419. The number of nitrogens with two attached hydrogens (primary N) is 1. The molecule has 21 heavy (non-hydrogen) atoms. The minimum absolute atomic E-state index is 0.0153. The highest BCUT2D eigenvalue weighted by Crippen LogP contribution is 2.27. The van der Waals surface area contributed by atoms with Gasteiger partial charge in [-0.3, -0.25) is 4.79 Å². The van der Waals surface area contributed by atoms with Crippen LogP contribution in [0.1, 0.15) is 27.7 Å². The molecule has 1 aromatic carbocycles. The number of benzene rings is 1. The van der Waals surface area contributed by atoms with Gasteiger partial charge in [0, 0.05) is 10.6 Å². The van der Waals surface area contributed by atoms with Gasteiger partial charge in [0.15, 0.2) is 6.10 Å². The molecule has 0 saturated heterocycles. The molecular formula is C13H19ClN2O4S. The van der Waals surface area contributed by atoms with Crippen LogP contribution < -0.4 is 15.2 Å². The van der Waals surface area contributed by atoms with Crippen molar-refractivity contribution in [1.82, 2.24) is 5.32 Å². The highest BCUT2D eigenvalue weighted by molar-refractivity contribution is 7.89. The van der Waals surface area contributed by atoms with E-state index in [2.05, 4.69) is 5.32 Å². The van der Waals surface area contributed by atoms with Crippen LogP contribution in [-0.2, 0) is 14.8 Å². The molecule has 1 atom stereocenters. The lowest BCUT2D eigenvalue weighted by Crippen LogP contribution is -2.46. The van der Waals surface area contributed by atoms with Gasteiger partial charge in [0.25, 0.3) is 5.91 Å². The van der Waals surface area contributed by atoms with E-state index in [1.165, 1.54) is 25.1 Å². The van der Waals surface area contributed by atoms with E-state index in [9.17, 15) is 13.2 Å². The molecule has 1 aromatic rings. The Bertz CT molecular complexity index is 638. The van der Waals surface area contributed by atoms with Crippen LogP contribution in [-0.4, -0.2) is 26.0 Å². The van der Waals surface area contributed by atoms with Gasteiger partial charge in [-0.15, -0.1) is 0 Å². The van der Waals surface area contributed by atoms with Crippen molar-refractivity contribution in [1.29, 1.82) is 0 Å². The van der Waals surface area contributed by atoms with E-state index < -0.39 is 21.7 Å². The number of carbonyl (C=O) groups excluding carboxylic acids is 1. The Hall–Kier alpha value is -1.31. The quantitative estimate of drug-likeness (QED) is 0.874. The van der Waals surface area contributed by atoms with Crippen molar-refractivity contribution < 1.29 is 17.9 Å². The van der Waals surface area contributed by atoms with Gasteiger partial charge < -0.3 is 10.1 Å². The molecule has 0 aliphatic rings. The monoisotopic (exact) mass is 334 g/mol. The molecule has 0 fully saturated rings. The Morgan fingerprint density at radius 3 is 2.43 bits per heavy atom. The molecule has 6 nitrogen and oxygen atoms in total. The number of halogens is 1. The SMILES string of the molecule is CC(Oc1ccc(Cl)cc1S(N)(=O)=O)C(=O)NC(C)(C)C. The van der Waals surface area contributed by atoms with Gasteiger partial charge in [-0.2, -0.15) is 0 Å². The Morgan fingerprint density at radius 1 is 1.38 bits per heavy atom. The first-order chi connectivity index (χ1) is 9.40. The van der Waals surface area contributed by atoms with Gasteiger partial charge in [0.1, 0.15) is 10.6 Å². The van der Waals surface area contributed by atoms with E-state index in [-0.39, 0.29) is 21.6 Å². The topological polar surface area (TPSA) is 98.5 Å². The summed E-state index contributed by atoms with van der Waals surface area (Å²) in [7, 11) is -4.00. The molecule has 0 aromatic heterocycles. The number of hydrogen-bond donors (Lipinski definition) is 2. The molecule has 1 amide bonds. The summed E-state index contributed by atoms with van der Waals surface area (Å²) < 4.78 is 28.5. The molecular weight excluding hydrogens is 316 g/mol. The number of rotatable bonds is 4. The zero-order valence-corrected chi connectivity index (χ0v) is 13.9. The van der Waals surface area contributed by atoms with Crippen LogP contribution in [0.2, 0.25) is 5.02 Å². The fraction of sp³-hybridized carbons (Fsp3) is 0.462. The maximum Gasteiger partial charge on any atom is 0.261 e. The summed E-state index contributed by atoms with van der Waals surface area (Å²) >= 11 is 5.75. The lowest BCUT2D eigenvalue weighted by molar-refractivity contribution is -0.128. The van der Waals surface area contributed by atoms with E-state index in [4.69, 9.17) is 21.5 Å². The van der Waals surface area contributed by atoms with Gasteiger partial charge in [-0.1, -0.05) is 11.6 Å². The van der Waals surface area contributed by atoms with E-state index >= 15 is 0 Å². The Labute approximate surface area is 129 Å². The summed E-state index contributed by atoms with van der Waals surface area (Å²) in [4.78, 5) is 11.7. The molecule has 118 valence electrons. The zero-order chi connectivity index (χ0) is 16.4. The first-order valence-electron chi connectivity index (χ1n) is 6.21. The maximum atomic E-state index is 11.9. The number of carbonyl (C=O) groups is 1. The number of sulfonamides is 1. The smallest absolute Gasteiger partial charge is 0.261 e. The van der Waals surface area contributed by atoms with Gasteiger partial charge >= 0.3 is 0 Å². The van der Waals surface area contributed by atoms with Crippen LogP contribution in [0.15, 0.2) is 23.1 Å². The number of ether oxygens (including phenoxy) is 1. The molecule has 0 radical (unpaired) electrons. The molecule has 0 bridgehead atoms. The van der Waals surface area contributed by atoms with Crippen molar-refractivity contribution in [3.63, 3.8) is 0 Å². The average molecular weight is 335 g/mol. The van der Waals surface area contributed by atoms with Gasteiger partial charge in [0.05, 0.1) is 0 Å². The van der Waals surface area contributed by atoms with Gasteiger partial charge in [-0.05, 0) is 45.9 Å². The van der Waals surface area contributed by atoms with E-state index in [0.29, 0.717) is 0 Å². The third-order valence-electron chi connectivity index (χ3n) is 2.38. The fourth-order valence-corrected chi connectivity index (χ4v) is 2.44. The number of amides is 1. The van der Waals surface area contributed by atoms with Crippen molar-refractivity contribution in [2.45, 2.75) is 44.2 Å². The molecule has 0 aliphatic carbocycles. The molecule has 0 saturated carbocycles. The molecule has 3 N–H and O–H groups in total. The van der Waals surface area contributed by atoms with Crippen molar-refractivity contribution in [3.8, 4) is 5.75 Å². The number of hydrogen-bond acceptors (Lipinski definition) is 4. The Morgan fingerprint density at radius 2 is 1.95 bits per heavy atom. The second kappa shape index (κ2) is 6.21. The predicted molar refractivity (Wildman–Crippen MR) is 80.8 cm³/mol. The van der Waals surface area contributed by atoms with Crippen LogP contribution in [0.5, 0.6) is 5.75 Å². The van der Waals surface area contributed by atoms with Gasteiger partial charge in [-0.25, -0.2) is 13.6 Å². The van der Waals surface area contributed by atoms with Crippen molar-refractivity contribution in [2.24, 2.45) is 5.14 Å². The minimum atomic E-state index is -4.00. The van der Waals surface area contributed by atoms with Crippen LogP contribution in [0, 0.1) is 0 Å². The second-order valence-corrected chi connectivity index (χ2v) is 7.60. The summed E-state index contributed by atoms with van der Waals surface area (Å²) in [6, 6.07) is 4.00. The third kappa shape index (κ3) is 5.53. The van der Waals surface area contributed by atoms with Crippen LogP contribution in [0.4, 0.5) is 0 Å². The fourth-order valence-electron chi connectivity index (χ4n) is 1.52. The normalized spacial score (nSPS) is 13.6. The third-order valence-corrected chi connectivity index (χ3v) is 3.55. The minimum Gasteiger partial charge on any atom is -0.479 e.